The Bertz CT molecular complexity index is 774. The molecule has 1 spiro atoms. The summed E-state index contributed by atoms with van der Waals surface area (Å²) in [6.45, 7) is 5.21. The third-order valence-corrected chi connectivity index (χ3v) is 6.09. The van der Waals surface area contributed by atoms with Crippen molar-refractivity contribution in [1.82, 2.24) is 9.88 Å². The average molecular weight is 463 g/mol. The number of aromatic nitrogens is 1. The van der Waals surface area contributed by atoms with Crippen molar-refractivity contribution in [3.8, 4) is 0 Å². The Balaban J connectivity index is 1.15. The molecule has 0 bridgehead atoms. The van der Waals surface area contributed by atoms with Crippen molar-refractivity contribution in [2.75, 3.05) is 52.7 Å². The number of piperidine rings is 1. The van der Waals surface area contributed by atoms with Crippen LogP contribution in [-0.4, -0.2) is 85.5 Å². The minimum atomic E-state index is -0.639. The second-order valence-corrected chi connectivity index (χ2v) is 8.37. The van der Waals surface area contributed by atoms with Crippen molar-refractivity contribution in [1.29, 1.82) is 0 Å². The van der Waals surface area contributed by atoms with Crippen LogP contribution in [0.25, 0.3) is 0 Å². The van der Waals surface area contributed by atoms with E-state index in [9.17, 15) is 14.4 Å². The monoisotopic (exact) mass is 462 g/mol. The number of ether oxygens (including phenoxy) is 3. The summed E-state index contributed by atoms with van der Waals surface area (Å²) in [4.78, 5) is 37.4. The fourth-order valence-electron chi connectivity index (χ4n) is 4.34. The molecule has 3 amide bonds. The molecule has 1 aromatic rings. The van der Waals surface area contributed by atoms with Crippen LogP contribution >= 0.6 is 0 Å². The minimum absolute atomic E-state index is 0.248. The number of nitrogens with one attached hydrogen (secondary N) is 1. The van der Waals surface area contributed by atoms with E-state index in [1.54, 1.807) is 0 Å². The Morgan fingerprint density at radius 1 is 0.909 bits per heavy atom. The molecule has 182 valence electrons. The van der Waals surface area contributed by atoms with Crippen molar-refractivity contribution >= 4 is 17.7 Å². The summed E-state index contributed by atoms with van der Waals surface area (Å²) >= 11 is 0. The summed E-state index contributed by atoms with van der Waals surface area (Å²) in [5.74, 6) is -0.804. The molecule has 3 heterocycles. The second-order valence-electron chi connectivity index (χ2n) is 8.37. The van der Waals surface area contributed by atoms with Gasteiger partial charge in [0.25, 0.3) is 5.91 Å². The molecular weight excluding hydrogens is 426 g/mol. The fourth-order valence-corrected chi connectivity index (χ4v) is 4.34. The number of nitrogens with zero attached hydrogens (tertiary/aromatic N) is 2. The summed E-state index contributed by atoms with van der Waals surface area (Å²) in [6, 6.07) is 3.36. The van der Waals surface area contributed by atoms with Gasteiger partial charge >= 0.3 is 11.8 Å². The van der Waals surface area contributed by atoms with E-state index in [0.717, 1.165) is 32.2 Å². The molecule has 9 heteroatoms. The van der Waals surface area contributed by atoms with Crippen LogP contribution in [0.4, 0.5) is 0 Å². The first-order chi connectivity index (χ1) is 16.1. The summed E-state index contributed by atoms with van der Waals surface area (Å²) < 4.78 is 18.4. The average Bonchev–Trinajstić information content (AvgIpc) is 3.44. The first-order valence-corrected chi connectivity index (χ1v) is 11.9. The summed E-state index contributed by atoms with van der Waals surface area (Å²) in [5.41, 5.74) is 0. The lowest BCUT2D eigenvalue weighted by Gasteiger charge is -2.38. The third-order valence-electron chi connectivity index (χ3n) is 6.09. The molecule has 1 saturated heterocycles. The zero-order valence-corrected chi connectivity index (χ0v) is 19.3. The Labute approximate surface area is 195 Å². The van der Waals surface area contributed by atoms with Gasteiger partial charge in [0, 0.05) is 58.3 Å². The van der Waals surface area contributed by atoms with Crippen LogP contribution in [0.5, 0.6) is 0 Å². The highest BCUT2D eigenvalue weighted by molar-refractivity contribution is 6.06. The molecule has 2 aliphatic heterocycles. The minimum Gasteiger partial charge on any atom is -0.381 e. The van der Waals surface area contributed by atoms with Gasteiger partial charge in [-0.2, -0.15) is 4.48 Å². The molecule has 0 radical (unpaired) electrons. The van der Waals surface area contributed by atoms with Gasteiger partial charge in [-0.3, -0.25) is 4.79 Å². The van der Waals surface area contributed by atoms with Crippen LogP contribution < -0.4 is 5.32 Å². The highest BCUT2D eigenvalue weighted by Crippen LogP contribution is 2.30. The molecule has 1 fully saturated rings. The molecule has 1 atom stereocenters. The van der Waals surface area contributed by atoms with Crippen LogP contribution in [0.2, 0.25) is 0 Å². The lowest BCUT2D eigenvalue weighted by molar-refractivity contribution is -0.795. The van der Waals surface area contributed by atoms with Crippen molar-refractivity contribution in [3.63, 3.8) is 0 Å². The van der Waals surface area contributed by atoms with Gasteiger partial charge in [-0.05, 0) is 37.8 Å². The van der Waals surface area contributed by atoms with E-state index in [2.05, 4.69) is 9.88 Å². The van der Waals surface area contributed by atoms with Gasteiger partial charge in [-0.25, -0.2) is 9.59 Å². The first kappa shape index (κ1) is 25.3. The lowest BCUT2D eigenvalue weighted by Crippen LogP contribution is -2.66. The predicted octanol–water partition coefficient (Wildman–Crippen LogP) is 1.43. The predicted molar refractivity (Wildman–Crippen MR) is 121 cm³/mol. The standard InChI is InChI=1S/C24H35N3O6/c28-22-8-9-23(29)27(22)14-4-1-7-21(27)24(30)25-10-19-32-17-5-15-31-16-6-18-33-20-13-26-11-2-3-12-26/h2-3,8-9,11-12,21H,1,4-7,10,13-20H2/p+1. The summed E-state index contributed by atoms with van der Waals surface area (Å²) in [6.07, 6.45) is 10.4. The maximum absolute atomic E-state index is 12.7. The van der Waals surface area contributed by atoms with E-state index in [1.165, 1.54) is 12.2 Å². The molecular formula is C24H36N3O6+. The van der Waals surface area contributed by atoms with E-state index in [0.29, 0.717) is 59.2 Å². The normalized spacial score (nSPS) is 19.5. The SMILES string of the molecule is O=C(NCCOCCCOCCCOCCn1cccc1)C1CCCC[N+]12C(=O)C=CC2=O. The molecule has 9 nitrogen and oxygen atoms in total. The van der Waals surface area contributed by atoms with E-state index in [1.807, 2.05) is 24.5 Å². The number of hydrogen-bond acceptors (Lipinski definition) is 6. The van der Waals surface area contributed by atoms with Crippen molar-refractivity contribution in [3.05, 3.63) is 36.7 Å². The number of quaternary nitrogens is 1. The van der Waals surface area contributed by atoms with Crippen LogP contribution in [0.3, 0.4) is 0 Å². The van der Waals surface area contributed by atoms with Crippen molar-refractivity contribution < 1.29 is 33.1 Å². The van der Waals surface area contributed by atoms with Gasteiger partial charge in [-0.15, -0.1) is 0 Å². The summed E-state index contributed by atoms with van der Waals surface area (Å²) in [5, 5.41) is 2.83. The topological polar surface area (TPSA) is 95.9 Å². The molecule has 2 aliphatic rings. The zero-order chi connectivity index (χ0) is 23.4. The third kappa shape index (κ3) is 7.07. The maximum Gasteiger partial charge on any atom is 0.347 e. The van der Waals surface area contributed by atoms with Gasteiger partial charge in [0.2, 0.25) is 0 Å². The van der Waals surface area contributed by atoms with Crippen molar-refractivity contribution in [2.24, 2.45) is 0 Å². The number of rotatable bonds is 15. The lowest BCUT2D eigenvalue weighted by atomic mass is 9.97. The maximum atomic E-state index is 12.7. The highest BCUT2D eigenvalue weighted by Gasteiger charge is 2.56. The Hall–Kier alpha value is -2.33. The van der Waals surface area contributed by atoms with E-state index < -0.39 is 6.04 Å². The second kappa shape index (κ2) is 13.4. The highest BCUT2D eigenvalue weighted by atomic mass is 16.5. The van der Waals surface area contributed by atoms with Gasteiger partial charge in [0.15, 0.2) is 6.04 Å². The number of carbonyl (C=O) groups excluding carboxylic acids is 3. The Morgan fingerprint density at radius 3 is 2.18 bits per heavy atom. The van der Waals surface area contributed by atoms with E-state index >= 15 is 0 Å². The van der Waals surface area contributed by atoms with Crippen LogP contribution in [0.15, 0.2) is 36.7 Å². The number of hydrogen-bond donors (Lipinski definition) is 1. The first-order valence-electron chi connectivity index (χ1n) is 11.9. The van der Waals surface area contributed by atoms with Gasteiger partial charge in [0.05, 0.1) is 31.9 Å². The Morgan fingerprint density at radius 2 is 1.52 bits per heavy atom. The molecule has 33 heavy (non-hydrogen) atoms. The van der Waals surface area contributed by atoms with E-state index in [-0.39, 0.29) is 22.2 Å². The van der Waals surface area contributed by atoms with Crippen LogP contribution in [-0.2, 0) is 35.1 Å². The molecule has 0 aromatic carbocycles. The van der Waals surface area contributed by atoms with Crippen LogP contribution in [0.1, 0.15) is 32.1 Å². The quantitative estimate of drug-likeness (QED) is 0.241. The summed E-state index contributed by atoms with van der Waals surface area (Å²) in [7, 11) is 0. The Kier molecular flexibility index (Phi) is 10.3. The smallest absolute Gasteiger partial charge is 0.347 e. The molecule has 0 aliphatic carbocycles. The molecule has 1 aromatic heterocycles. The molecule has 0 saturated carbocycles. The largest absolute Gasteiger partial charge is 0.381 e. The molecule has 1 unspecified atom stereocenters. The number of imide groups is 1. The molecule has 3 rings (SSSR count). The van der Waals surface area contributed by atoms with Gasteiger partial charge in [-0.1, -0.05) is 0 Å². The fraction of sp³-hybridized carbons (Fsp3) is 0.625. The van der Waals surface area contributed by atoms with Gasteiger partial charge < -0.3 is 24.1 Å². The zero-order valence-electron chi connectivity index (χ0n) is 19.3. The van der Waals surface area contributed by atoms with Gasteiger partial charge in [0.1, 0.15) is 0 Å². The molecule has 1 N–H and O–H groups in total. The van der Waals surface area contributed by atoms with Crippen molar-refractivity contribution in [2.45, 2.75) is 44.7 Å². The van der Waals surface area contributed by atoms with Crippen LogP contribution in [0, 0.1) is 0 Å². The van der Waals surface area contributed by atoms with E-state index in [4.69, 9.17) is 14.2 Å². The number of amides is 3. The number of carbonyl (C=O) groups is 3.